The van der Waals surface area contributed by atoms with Crippen LogP contribution >= 0.6 is 22.9 Å². The molecule has 1 aliphatic rings. The van der Waals surface area contributed by atoms with Crippen molar-refractivity contribution >= 4 is 50.9 Å². The number of hydrogen-bond donors (Lipinski definition) is 1. The SMILES string of the molecule is Clc1ccc(C2=NNC(c3cccs3)=Nc3c2ccc2ccccc32)cc1. The predicted octanol–water partition coefficient (Wildman–Crippen LogP) is 5.99. The maximum Gasteiger partial charge on any atom is 0.164 e. The maximum absolute atomic E-state index is 6.08. The number of thiophene rings is 1. The molecule has 1 aliphatic heterocycles. The van der Waals surface area contributed by atoms with Gasteiger partial charge in [-0.2, -0.15) is 5.10 Å². The van der Waals surface area contributed by atoms with E-state index in [0.717, 1.165) is 44.0 Å². The molecule has 2 heterocycles. The summed E-state index contributed by atoms with van der Waals surface area (Å²) >= 11 is 7.71. The molecule has 1 N–H and O–H groups in total. The molecule has 27 heavy (non-hydrogen) atoms. The molecule has 3 nitrogen and oxygen atoms in total. The molecule has 5 rings (SSSR count). The molecule has 5 heteroatoms. The Labute approximate surface area is 165 Å². The molecule has 0 aliphatic carbocycles. The van der Waals surface area contributed by atoms with Gasteiger partial charge in [0.1, 0.15) is 0 Å². The van der Waals surface area contributed by atoms with Gasteiger partial charge in [0.15, 0.2) is 5.84 Å². The maximum atomic E-state index is 6.08. The van der Waals surface area contributed by atoms with Gasteiger partial charge in [0, 0.05) is 21.5 Å². The molecule has 0 atom stereocenters. The Morgan fingerprint density at radius 3 is 2.52 bits per heavy atom. The second-order valence-corrected chi connectivity index (χ2v) is 7.58. The van der Waals surface area contributed by atoms with E-state index in [1.807, 2.05) is 53.9 Å². The van der Waals surface area contributed by atoms with Crippen molar-refractivity contribution in [3.63, 3.8) is 0 Å². The summed E-state index contributed by atoms with van der Waals surface area (Å²) < 4.78 is 0. The summed E-state index contributed by atoms with van der Waals surface area (Å²) in [6, 6.07) is 24.3. The fourth-order valence-corrected chi connectivity index (χ4v) is 4.01. The third-order valence-electron chi connectivity index (χ3n) is 4.53. The molecule has 0 saturated carbocycles. The Balaban J connectivity index is 1.78. The van der Waals surface area contributed by atoms with Crippen molar-refractivity contribution in [2.24, 2.45) is 10.1 Å². The fourth-order valence-electron chi connectivity index (χ4n) is 3.22. The van der Waals surface area contributed by atoms with Crippen LogP contribution in [0.2, 0.25) is 5.02 Å². The summed E-state index contributed by atoms with van der Waals surface area (Å²) in [4.78, 5) is 6.03. The van der Waals surface area contributed by atoms with Crippen molar-refractivity contribution < 1.29 is 0 Å². The Morgan fingerprint density at radius 1 is 0.852 bits per heavy atom. The van der Waals surface area contributed by atoms with Crippen LogP contribution in [0.1, 0.15) is 16.0 Å². The number of fused-ring (bicyclic) bond motifs is 3. The first-order valence-electron chi connectivity index (χ1n) is 8.54. The molecule has 0 saturated heterocycles. The van der Waals surface area contributed by atoms with Gasteiger partial charge in [-0.25, -0.2) is 4.99 Å². The van der Waals surface area contributed by atoms with Gasteiger partial charge in [0.05, 0.1) is 16.3 Å². The zero-order chi connectivity index (χ0) is 18.2. The van der Waals surface area contributed by atoms with Crippen LogP contribution in [0, 0.1) is 0 Å². The van der Waals surface area contributed by atoms with Crippen LogP contribution in [0.15, 0.2) is 88.3 Å². The molecule has 3 aromatic carbocycles. The van der Waals surface area contributed by atoms with Crippen LogP contribution in [0.5, 0.6) is 0 Å². The van der Waals surface area contributed by atoms with Gasteiger partial charge in [-0.05, 0) is 35.0 Å². The number of nitrogens with one attached hydrogen (secondary N) is 1. The number of aliphatic imine (C=N–C) groups is 1. The van der Waals surface area contributed by atoms with Crippen molar-refractivity contribution in [2.45, 2.75) is 0 Å². The summed E-state index contributed by atoms with van der Waals surface area (Å²) in [5.74, 6) is 0.756. The van der Waals surface area contributed by atoms with E-state index in [4.69, 9.17) is 21.7 Å². The molecule has 0 amide bonds. The average molecular weight is 388 g/mol. The van der Waals surface area contributed by atoms with Gasteiger partial charge in [-0.1, -0.05) is 60.1 Å². The minimum absolute atomic E-state index is 0.704. The Kier molecular flexibility index (Phi) is 4.00. The first-order chi connectivity index (χ1) is 13.3. The third-order valence-corrected chi connectivity index (χ3v) is 5.65. The van der Waals surface area contributed by atoms with Crippen LogP contribution in [-0.4, -0.2) is 11.5 Å². The lowest BCUT2D eigenvalue weighted by molar-refractivity contribution is 1.03. The van der Waals surface area contributed by atoms with Crippen LogP contribution in [0.3, 0.4) is 0 Å². The minimum Gasteiger partial charge on any atom is -0.260 e. The quantitative estimate of drug-likeness (QED) is 0.450. The third kappa shape index (κ3) is 2.93. The molecule has 0 spiro atoms. The summed E-state index contributed by atoms with van der Waals surface area (Å²) in [5, 5.41) is 9.71. The number of benzene rings is 3. The molecule has 4 aromatic rings. The van der Waals surface area contributed by atoms with E-state index in [9.17, 15) is 0 Å². The molecular formula is C22H14ClN3S. The molecule has 0 bridgehead atoms. The fraction of sp³-hybridized carbons (Fsp3) is 0. The smallest absolute Gasteiger partial charge is 0.164 e. The Morgan fingerprint density at radius 2 is 1.70 bits per heavy atom. The second kappa shape index (κ2) is 6.65. The largest absolute Gasteiger partial charge is 0.260 e. The van der Waals surface area contributed by atoms with E-state index in [2.05, 4.69) is 29.7 Å². The Bertz CT molecular complexity index is 1190. The van der Waals surface area contributed by atoms with Gasteiger partial charge in [-0.15, -0.1) is 11.3 Å². The minimum atomic E-state index is 0.704. The number of nitrogens with zero attached hydrogens (tertiary/aromatic N) is 2. The van der Waals surface area contributed by atoms with E-state index in [-0.39, 0.29) is 0 Å². The van der Waals surface area contributed by atoms with Crippen molar-refractivity contribution in [3.8, 4) is 0 Å². The number of rotatable bonds is 2. The highest BCUT2D eigenvalue weighted by Crippen LogP contribution is 2.34. The lowest BCUT2D eigenvalue weighted by Crippen LogP contribution is -2.18. The first-order valence-corrected chi connectivity index (χ1v) is 9.80. The summed E-state index contributed by atoms with van der Waals surface area (Å²) in [7, 11) is 0. The van der Waals surface area contributed by atoms with Gasteiger partial charge in [0.25, 0.3) is 0 Å². The molecule has 130 valence electrons. The molecular weight excluding hydrogens is 374 g/mol. The number of halogens is 1. The van der Waals surface area contributed by atoms with Gasteiger partial charge < -0.3 is 0 Å². The Hall–Kier alpha value is -2.95. The standard InChI is InChI=1S/C22H14ClN3S/c23-16-10-7-15(8-11-16)20-18-12-9-14-4-1-2-5-17(14)21(18)24-22(26-25-20)19-6-3-13-27-19/h1-13H,(H,24,26). The molecule has 1 aromatic heterocycles. The summed E-state index contributed by atoms with van der Waals surface area (Å²) in [6.07, 6.45) is 0. The zero-order valence-corrected chi connectivity index (χ0v) is 15.8. The van der Waals surface area contributed by atoms with Gasteiger partial charge in [-0.3, -0.25) is 5.43 Å². The average Bonchev–Trinajstić information content (AvgIpc) is 3.17. The molecule has 0 fully saturated rings. The van der Waals surface area contributed by atoms with E-state index in [0.29, 0.717) is 5.02 Å². The van der Waals surface area contributed by atoms with Gasteiger partial charge in [0.2, 0.25) is 0 Å². The normalized spacial score (nSPS) is 13.4. The zero-order valence-electron chi connectivity index (χ0n) is 14.2. The second-order valence-electron chi connectivity index (χ2n) is 6.20. The van der Waals surface area contributed by atoms with Crippen LogP contribution < -0.4 is 5.43 Å². The van der Waals surface area contributed by atoms with E-state index >= 15 is 0 Å². The van der Waals surface area contributed by atoms with Gasteiger partial charge >= 0.3 is 0 Å². The highest BCUT2D eigenvalue weighted by atomic mass is 35.5. The first kappa shape index (κ1) is 16.2. The van der Waals surface area contributed by atoms with Crippen LogP contribution in [0.4, 0.5) is 5.69 Å². The van der Waals surface area contributed by atoms with Crippen LogP contribution in [-0.2, 0) is 0 Å². The van der Waals surface area contributed by atoms with Crippen molar-refractivity contribution in [2.75, 3.05) is 0 Å². The number of amidine groups is 1. The molecule has 0 radical (unpaired) electrons. The predicted molar refractivity (Wildman–Crippen MR) is 115 cm³/mol. The lowest BCUT2D eigenvalue weighted by atomic mass is 9.97. The van der Waals surface area contributed by atoms with Crippen molar-refractivity contribution in [1.29, 1.82) is 0 Å². The lowest BCUT2D eigenvalue weighted by Gasteiger charge is -2.10. The topological polar surface area (TPSA) is 36.8 Å². The highest BCUT2D eigenvalue weighted by molar-refractivity contribution is 7.12. The molecule has 0 unspecified atom stereocenters. The van der Waals surface area contributed by atoms with E-state index in [1.54, 1.807) is 11.3 Å². The highest BCUT2D eigenvalue weighted by Gasteiger charge is 2.19. The number of hydrazone groups is 1. The monoisotopic (exact) mass is 387 g/mol. The van der Waals surface area contributed by atoms with Crippen LogP contribution in [0.25, 0.3) is 10.8 Å². The summed E-state index contributed by atoms with van der Waals surface area (Å²) in [6.45, 7) is 0. The van der Waals surface area contributed by atoms with E-state index in [1.165, 1.54) is 0 Å². The summed E-state index contributed by atoms with van der Waals surface area (Å²) in [5.41, 5.74) is 6.94. The van der Waals surface area contributed by atoms with Crippen molar-refractivity contribution in [1.82, 2.24) is 5.43 Å². The number of hydrogen-bond acceptors (Lipinski definition) is 4. The van der Waals surface area contributed by atoms with Crippen molar-refractivity contribution in [3.05, 3.63) is 99.2 Å². The van der Waals surface area contributed by atoms with E-state index < -0.39 is 0 Å².